The number of nitrogens with one attached hydrogen (secondary N) is 2. The molecule has 0 unspecified atom stereocenters. The zero-order valence-electron chi connectivity index (χ0n) is 13.9. The molecule has 0 bridgehead atoms. The van der Waals surface area contributed by atoms with Crippen LogP contribution in [0.15, 0.2) is 29.3 Å². The molecule has 1 aliphatic rings. The maximum absolute atomic E-state index is 6.12. The lowest BCUT2D eigenvalue weighted by molar-refractivity contribution is 0.195. The molecule has 1 aromatic carbocycles. The molecule has 0 atom stereocenters. The fourth-order valence-electron chi connectivity index (χ4n) is 2.50. The van der Waals surface area contributed by atoms with E-state index >= 15 is 0 Å². The normalized spacial score (nSPS) is 15.7. The van der Waals surface area contributed by atoms with Crippen molar-refractivity contribution in [3.8, 4) is 0 Å². The van der Waals surface area contributed by atoms with Crippen molar-refractivity contribution in [3.63, 3.8) is 0 Å². The molecule has 0 aliphatic heterocycles. The Balaban J connectivity index is 0.00000264. The maximum Gasteiger partial charge on any atom is 0.191 e. The molecule has 0 amide bonds. The second kappa shape index (κ2) is 10.4. The Hall–Kier alpha value is -0.530. The molecule has 0 aromatic heterocycles. The van der Waals surface area contributed by atoms with Crippen LogP contribution in [0, 0.1) is 0 Å². The number of halogens is 2. The number of ether oxygens (including phenoxy) is 1. The van der Waals surface area contributed by atoms with E-state index in [1.807, 2.05) is 12.1 Å². The van der Waals surface area contributed by atoms with E-state index in [0.29, 0.717) is 0 Å². The first-order valence-electron chi connectivity index (χ1n) is 7.97. The summed E-state index contributed by atoms with van der Waals surface area (Å²) in [6.45, 7) is 5.37. The van der Waals surface area contributed by atoms with Gasteiger partial charge in [0.1, 0.15) is 0 Å². The highest BCUT2D eigenvalue weighted by Gasteiger charge is 2.44. The Morgan fingerprint density at radius 2 is 2.13 bits per heavy atom. The molecule has 2 rings (SSSR count). The number of hydrogen-bond acceptors (Lipinski definition) is 2. The summed E-state index contributed by atoms with van der Waals surface area (Å²) in [5.41, 5.74) is 1.48. The van der Waals surface area contributed by atoms with E-state index < -0.39 is 0 Å². The quantitative estimate of drug-likeness (QED) is 0.275. The molecular weight excluding hydrogens is 425 g/mol. The van der Waals surface area contributed by atoms with E-state index in [9.17, 15) is 0 Å². The van der Waals surface area contributed by atoms with Crippen LogP contribution in [0.3, 0.4) is 0 Å². The third-order valence-corrected chi connectivity index (χ3v) is 4.23. The summed E-state index contributed by atoms with van der Waals surface area (Å²) in [5, 5.41) is 7.45. The topological polar surface area (TPSA) is 45.7 Å². The van der Waals surface area contributed by atoms with Crippen molar-refractivity contribution in [1.29, 1.82) is 0 Å². The maximum atomic E-state index is 6.12. The van der Waals surface area contributed by atoms with Gasteiger partial charge in [0.2, 0.25) is 0 Å². The first kappa shape index (κ1) is 20.5. The molecule has 130 valence electrons. The Bertz CT molecular complexity index is 506. The zero-order valence-corrected chi connectivity index (χ0v) is 17.0. The predicted octanol–water partition coefficient (Wildman–Crippen LogP) is 3.58. The van der Waals surface area contributed by atoms with Gasteiger partial charge < -0.3 is 15.4 Å². The monoisotopic (exact) mass is 451 g/mol. The summed E-state index contributed by atoms with van der Waals surface area (Å²) in [5.74, 6) is 0.881. The van der Waals surface area contributed by atoms with Gasteiger partial charge in [-0.15, -0.1) is 24.0 Å². The number of nitrogens with zero attached hydrogens (tertiary/aromatic N) is 1. The highest BCUT2D eigenvalue weighted by Crippen LogP contribution is 2.48. The van der Waals surface area contributed by atoms with Crippen LogP contribution in [0.4, 0.5) is 0 Å². The third kappa shape index (κ3) is 6.47. The Kier molecular flexibility index (Phi) is 9.24. The second-order valence-electron chi connectivity index (χ2n) is 5.76. The lowest BCUT2D eigenvalue weighted by Gasteiger charge is -2.16. The van der Waals surface area contributed by atoms with Crippen molar-refractivity contribution < 1.29 is 4.74 Å². The molecule has 23 heavy (non-hydrogen) atoms. The van der Waals surface area contributed by atoms with E-state index in [0.717, 1.165) is 43.6 Å². The van der Waals surface area contributed by atoms with Crippen LogP contribution < -0.4 is 10.6 Å². The largest absolute Gasteiger partial charge is 0.385 e. The van der Waals surface area contributed by atoms with Crippen LogP contribution in [0.2, 0.25) is 5.02 Å². The van der Waals surface area contributed by atoms with Crippen molar-refractivity contribution >= 4 is 41.5 Å². The van der Waals surface area contributed by atoms with Gasteiger partial charge in [0.25, 0.3) is 0 Å². The minimum Gasteiger partial charge on any atom is -0.385 e. The molecule has 0 saturated heterocycles. The first-order valence-corrected chi connectivity index (χ1v) is 8.35. The van der Waals surface area contributed by atoms with Crippen molar-refractivity contribution in [2.45, 2.75) is 31.6 Å². The van der Waals surface area contributed by atoms with Gasteiger partial charge in [0.05, 0.1) is 6.54 Å². The standard InChI is InChI=1S/C17H26ClN3O.HI/c1-3-19-16(20-10-5-11-22-2)21-13-17(8-9-17)14-6-4-7-15(18)12-14;/h4,6-7,12H,3,5,8-11,13H2,1-2H3,(H2,19,20,21);1H. The van der Waals surface area contributed by atoms with Gasteiger partial charge >= 0.3 is 0 Å². The number of methoxy groups -OCH3 is 1. The van der Waals surface area contributed by atoms with Crippen LogP contribution in [-0.4, -0.2) is 39.3 Å². The highest BCUT2D eigenvalue weighted by atomic mass is 127. The summed E-state index contributed by atoms with van der Waals surface area (Å²) in [6, 6.07) is 8.18. The van der Waals surface area contributed by atoms with Gasteiger partial charge in [-0.25, -0.2) is 0 Å². The van der Waals surface area contributed by atoms with E-state index in [1.165, 1.54) is 18.4 Å². The van der Waals surface area contributed by atoms with Gasteiger partial charge in [-0.05, 0) is 43.9 Å². The van der Waals surface area contributed by atoms with Gasteiger partial charge in [-0.2, -0.15) is 0 Å². The predicted molar refractivity (Wildman–Crippen MR) is 108 cm³/mol. The lowest BCUT2D eigenvalue weighted by Crippen LogP contribution is -2.38. The zero-order chi connectivity index (χ0) is 15.8. The van der Waals surface area contributed by atoms with E-state index in [-0.39, 0.29) is 29.4 Å². The van der Waals surface area contributed by atoms with Crippen LogP contribution in [-0.2, 0) is 10.2 Å². The molecule has 1 aliphatic carbocycles. The van der Waals surface area contributed by atoms with E-state index in [2.05, 4.69) is 29.7 Å². The molecule has 0 spiro atoms. The van der Waals surface area contributed by atoms with Crippen LogP contribution >= 0.6 is 35.6 Å². The van der Waals surface area contributed by atoms with Crippen LogP contribution in [0.5, 0.6) is 0 Å². The number of rotatable bonds is 8. The minimum absolute atomic E-state index is 0. The van der Waals surface area contributed by atoms with Crippen LogP contribution in [0.25, 0.3) is 0 Å². The Morgan fingerprint density at radius 1 is 1.35 bits per heavy atom. The number of aliphatic imine (C=N–C) groups is 1. The van der Waals surface area contributed by atoms with E-state index in [4.69, 9.17) is 21.3 Å². The van der Waals surface area contributed by atoms with Gasteiger partial charge in [-0.1, -0.05) is 23.7 Å². The molecule has 6 heteroatoms. The summed E-state index contributed by atoms with van der Waals surface area (Å²) in [4.78, 5) is 4.76. The number of guanidine groups is 1. The van der Waals surface area contributed by atoms with Crippen LogP contribution in [0.1, 0.15) is 31.7 Å². The average Bonchev–Trinajstić information content (AvgIpc) is 3.30. The molecule has 0 heterocycles. The highest BCUT2D eigenvalue weighted by molar-refractivity contribution is 14.0. The summed E-state index contributed by atoms with van der Waals surface area (Å²) < 4.78 is 5.06. The minimum atomic E-state index is 0. The third-order valence-electron chi connectivity index (χ3n) is 3.99. The van der Waals surface area contributed by atoms with Crippen molar-refractivity contribution in [2.75, 3.05) is 33.4 Å². The summed E-state index contributed by atoms with van der Waals surface area (Å²) in [7, 11) is 1.72. The summed E-state index contributed by atoms with van der Waals surface area (Å²) >= 11 is 6.12. The molecule has 1 fully saturated rings. The van der Waals surface area contributed by atoms with Crippen molar-refractivity contribution in [3.05, 3.63) is 34.9 Å². The first-order chi connectivity index (χ1) is 10.7. The molecule has 1 aromatic rings. The lowest BCUT2D eigenvalue weighted by atomic mass is 9.96. The smallest absolute Gasteiger partial charge is 0.191 e. The molecule has 4 nitrogen and oxygen atoms in total. The van der Waals surface area contributed by atoms with Crippen molar-refractivity contribution in [2.24, 2.45) is 4.99 Å². The fourth-order valence-corrected chi connectivity index (χ4v) is 2.69. The molecule has 1 saturated carbocycles. The Morgan fingerprint density at radius 3 is 2.74 bits per heavy atom. The number of benzene rings is 1. The Labute approximate surface area is 161 Å². The SMILES string of the molecule is CCNC(=NCC1(c2cccc(Cl)c2)CC1)NCCCOC.I. The van der Waals surface area contributed by atoms with Gasteiger partial charge in [0.15, 0.2) is 5.96 Å². The van der Waals surface area contributed by atoms with E-state index in [1.54, 1.807) is 7.11 Å². The second-order valence-corrected chi connectivity index (χ2v) is 6.20. The average molecular weight is 452 g/mol. The fraction of sp³-hybridized carbons (Fsp3) is 0.588. The molecule has 0 radical (unpaired) electrons. The molecule has 2 N–H and O–H groups in total. The van der Waals surface area contributed by atoms with Gasteiger partial charge in [0, 0.05) is 37.2 Å². The number of hydrogen-bond donors (Lipinski definition) is 2. The molecular formula is C17H27ClIN3O. The summed E-state index contributed by atoms with van der Waals surface area (Å²) in [6.07, 6.45) is 3.33. The van der Waals surface area contributed by atoms with Gasteiger partial charge in [-0.3, -0.25) is 4.99 Å². The van der Waals surface area contributed by atoms with Crippen molar-refractivity contribution in [1.82, 2.24) is 10.6 Å².